The van der Waals surface area contributed by atoms with Gasteiger partial charge >= 0.3 is 12.1 Å². The van der Waals surface area contributed by atoms with Gasteiger partial charge in [-0.05, 0) is 52.9 Å². The Bertz CT molecular complexity index is 411. The van der Waals surface area contributed by atoms with Crippen molar-refractivity contribution >= 4 is 12.1 Å². The number of hydrogen-bond donors (Lipinski definition) is 1. The Morgan fingerprint density at radius 3 is 2.45 bits per heavy atom. The summed E-state index contributed by atoms with van der Waals surface area (Å²) in [5.74, 6) is 0.583. The fourth-order valence-electron chi connectivity index (χ4n) is 3.02. The Kier molecular flexibility index (Phi) is 5.19. The fourth-order valence-corrected chi connectivity index (χ4v) is 3.02. The molecule has 0 aromatic carbocycles. The van der Waals surface area contributed by atoms with Crippen molar-refractivity contribution in [2.45, 2.75) is 58.6 Å². The van der Waals surface area contributed by atoms with Gasteiger partial charge in [0, 0.05) is 32.2 Å². The first kappa shape index (κ1) is 16.9. The smallest absolute Gasteiger partial charge is 0.410 e. The lowest BCUT2D eigenvalue weighted by Crippen LogP contribution is -2.42. The number of amides is 3. The number of rotatable bonds is 3. The predicted molar refractivity (Wildman–Crippen MR) is 84.7 cm³/mol. The summed E-state index contributed by atoms with van der Waals surface area (Å²) in [4.78, 5) is 27.4. The number of ether oxygens (including phenoxy) is 1. The highest BCUT2D eigenvalue weighted by Crippen LogP contribution is 2.23. The normalized spacial score (nSPS) is 23.6. The van der Waals surface area contributed by atoms with Crippen LogP contribution in [0, 0.1) is 5.92 Å². The van der Waals surface area contributed by atoms with Crippen molar-refractivity contribution in [2.24, 2.45) is 5.92 Å². The number of nitrogens with zero attached hydrogens (tertiary/aromatic N) is 2. The van der Waals surface area contributed by atoms with Gasteiger partial charge in [0.1, 0.15) is 5.60 Å². The molecule has 0 radical (unpaired) electrons. The van der Waals surface area contributed by atoms with Crippen LogP contribution in [0.15, 0.2) is 0 Å². The predicted octanol–water partition coefficient (Wildman–Crippen LogP) is 2.44. The van der Waals surface area contributed by atoms with Crippen molar-refractivity contribution in [1.29, 1.82) is 0 Å². The van der Waals surface area contributed by atoms with E-state index in [1.165, 1.54) is 0 Å². The molecule has 1 N–H and O–H groups in total. The van der Waals surface area contributed by atoms with Crippen LogP contribution in [-0.2, 0) is 4.74 Å². The minimum absolute atomic E-state index is 0.0543. The lowest BCUT2D eigenvalue weighted by molar-refractivity contribution is 0.0179. The second-order valence-electron chi connectivity index (χ2n) is 7.43. The van der Waals surface area contributed by atoms with E-state index in [4.69, 9.17) is 4.74 Å². The molecule has 2 aliphatic rings. The third-order valence-corrected chi connectivity index (χ3v) is 4.39. The first-order chi connectivity index (χ1) is 10.3. The average Bonchev–Trinajstić information content (AvgIpc) is 2.74. The molecule has 2 saturated heterocycles. The largest absolute Gasteiger partial charge is 0.444 e. The molecular weight excluding hydrogens is 282 g/mol. The minimum atomic E-state index is -0.437. The number of nitrogens with one attached hydrogen (secondary N) is 1. The van der Waals surface area contributed by atoms with E-state index in [-0.39, 0.29) is 18.2 Å². The molecule has 0 aromatic rings. The van der Waals surface area contributed by atoms with Crippen LogP contribution in [0.25, 0.3) is 0 Å². The zero-order chi connectivity index (χ0) is 16.3. The SMILES string of the molecule is CC1CNC(=O)N1CCC1CCN(C(=O)OC(C)(C)C)CC1. The van der Waals surface area contributed by atoms with Gasteiger partial charge in [-0.3, -0.25) is 0 Å². The molecule has 6 heteroatoms. The van der Waals surface area contributed by atoms with Crippen molar-refractivity contribution in [3.8, 4) is 0 Å². The fraction of sp³-hybridized carbons (Fsp3) is 0.875. The Balaban J connectivity index is 1.71. The molecule has 0 bridgehead atoms. The van der Waals surface area contributed by atoms with E-state index < -0.39 is 5.60 Å². The lowest BCUT2D eigenvalue weighted by atomic mass is 9.93. The van der Waals surface area contributed by atoms with Crippen LogP contribution in [0.3, 0.4) is 0 Å². The van der Waals surface area contributed by atoms with Gasteiger partial charge < -0.3 is 19.9 Å². The number of urea groups is 1. The van der Waals surface area contributed by atoms with Crippen molar-refractivity contribution < 1.29 is 14.3 Å². The summed E-state index contributed by atoms with van der Waals surface area (Å²) in [5.41, 5.74) is -0.437. The third kappa shape index (κ3) is 4.52. The molecule has 3 amide bonds. The van der Waals surface area contributed by atoms with E-state index >= 15 is 0 Å². The maximum atomic E-state index is 12.0. The molecule has 0 spiro atoms. The van der Waals surface area contributed by atoms with E-state index in [0.29, 0.717) is 5.92 Å². The van der Waals surface area contributed by atoms with Crippen LogP contribution >= 0.6 is 0 Å². The Morgan fingerprint density at radius 1 is 1.32 bits per heavy atom. The molecule has 2 rings (SSSR count). The van der Waals surface area contributed by atoms with E-state index in [2.05, 4.69) is 12.2 Å². The van der Waals surface area contributed by atoms with E-state index in [1.807, 2.05) is 25.7 Å². The van der Waals surface area contributed by atoms with Crippen LogP contribution in [0.1, 0.15) is 47.0 Å². The Morgan fingerprint density at radius 2 is 1.95 bits per heavy atom. The molecule has 0 saturated carbocycles. The monoisotopic (exact) mass is 311 g/mol. The topological polar surface area (TPSA) is 61.9 Å². The van der Waals surface area contributed by atoms with Gasteiger partial charge in [-0.25, -0.2) is 9.59 Å². The van der Waals surface area contributed by atoms with Gasteiger partial charge in [0.25, 0.3) is 0 Å². The average molecular weight is 311 g/mol. The number of carbonyl (C=O) groups is 2. The molecular formula is C16H29N3O3. The van der Waals surface area contributed by atoms with Crippen molar-refractivity contribution in [1.82, 2.24) is 15.1 Å². The first-order valence-electron chi connectivity index (χ1n) is 8.28. The van der Waals surface area contributed by atoms with Gasteiger partial charge in [-0.1, -0.05) is 0 Å². The highest BCUT2D eigenvalue weighted by Gasteiger charge is 2.30. The molecule has 2 heterocycles. The third-order valence-electron chi connectivity index (χ3n) is 4.39. The van der Waals surface area contributed by atoms with Crippen molar-refractivity contribution in [2.75, 3.05) is 26.2 Å². The quantitative estimate of drug-likeness (QED) is 0.871. The maximum absolute atomic E-state index is 12.0. The second kappa shape index (κ2) is 6.75. The molecule has 1 unspecified atom stereocenters. The van der Waals surface area contributed by atoms with Crippen LogP contribution in [0.2, 0.25) is 0 Å². The highest BCUT2D eigenvalue weighted by molar-refractivity contribution is 5.76. The van der Waals surface area contributed by atoms with Crippen molar-refractivity contribution in [3.05, 3.63) is 0 Å². The van der Waals surface area contributed by atoms with Gasteiger partial charge in [-0.2, -0.15) is 0 Å². The van der Waals surface area contributed by atoms with Gasteiger partial charge in [0.15, 0.2) is 0 Å². The second-order valence-corrected chi connectivity index (χ2v) is 7.43. The number of piperidine rings is 1. The summed E-state index contributed by atoms with van der Waals surface area (Å²) < 4.78 is 5.41. The van der Waals surface area contributed by atoms with Gasteiger partial charge in [0.2, 0.25) is 0 Å². The number of hydrogen-bond acceptors (Lipinski definition) is 3. The number of carbonyl (C=O) groups excluding carboxylic acids is 2. The highest BCUT2D eigenvalue weighted by atomic mass is 16.6. The van der Waals surface area contributed by atoms with Crippen LogP contribution in [0.4, 0.5) is 9.59 Å². The van der Waals surface area contributed by atoms with Gasteiger partial charge in [-0.15, -0.1) is 0 Å². The molecule has 1 atom stereocenters. The summed E-state index contributed by atoms with van der Waals surface area (Å²) in [5, 5.41) is 2.87. The molecule has 126 valence electrons. The summed E-state index contributed by atoms with van der Waals surface area (Å²) in [6, 6.07) is 0.341. The Hall–Kier alpha value is -1.46. The molecule has 22 heavy (non-hydrogen) atoms. The van der Waals surface area contributed by atoms with Gasteiger partial charge in [0.05, 0.1) is 0 Å². The summed E-state index contributed by atoms with van der Waals surface area (Å²) in [7, 11) is 0. The lowest BCUT2D eigenvalue weighted by Gasteiger charge is -2.34. The van der Waals surface area contributed by atoms with Crippen LogP contribution in [-0.4, -0.2) is 59.7 Å². The molecule has 6 nitrogen and oxygen atoms in total. The number of likely N-dealkylation sites (tertiary alicyclic amines) is 1. The summed E-state index contributed by atoms with van der Waals surface area (Å²) >= 11 is 0. The standard InChI is InChI=1S/C16H29N3O3/c1-12-11-17-14(20)19(12)10-7-13-5-8-18(9-6-13)15(21)22-16(2,3)4/h12-13H,5-11H2,1-4H3,(H,17,20). The molecule has 0 aliphatic carbocycles. The summed E-state index contributed by atoms with van der Waals surface area (Å²) in [6.07, 6.45) is 2.78. The van der Waals surface area contributed by atoms with Crippen molar-refractivity contribution in [3.63, 3.8) is 0 Å². The van der Waals surface area contributed by atoms with Crippen LogP contribution in [0.5, 0.6) is 0 Å². The first-order valence-corrected chi connectivity index (χ1v) is 8.28. The van der Waals surface area contributed by atoms with E-state index in [0.717, 1.165) is 45.4 Å². The molecule has 2 aliphatic heterocycles. The maximum Gasteiger partial charge on any atom is 0.410 e. The van der Waals surface area contributed by atoms with Crippen LogP contribution < -0.4 is 5.32 Å². The van der Waals surface area contributed by atoms with E-state index in [9.17, 15) is 9.59 Å². The molecule has 2 fully saturated rings. The Labute approximate surface area is 133 Å². The minimum Gasteiger partial charge on any atom is -0.444 e. The summed E-state index contributed by atoms with van der Waals surface area (Å²) in [6.45, 7) is 10.8. The zero-order valence-corrected chi connectivity index (χ0v) is 14.2. The molecule has 0 aromatic heterocycles. The van der Waals surface area contributed by atoms with E-state index in [1.54, 1.807) is 4.90 Å². The zero-order valence-electron chi connectivity index (χ0n) is 14.2.